The maximum Gasteiger partial charge on any atom is 0.165 e. The Kier molecular flexibility index (Phi) is 6.33. The van der Waals surface area contributed by atoms with Crippen LogP contribution in [0.4, 0.5) is 5.82 Å². The number of aromatic nitrogens is 3. The summed E-state index contributed by atoms with van der Waals surface area (Å²) < 4.78 is 13.3. The molecule has 0 N–H and O–H groups in total. The normalized spacial score (nSPS) is 14.3. The van der Waals surface area contributed by atoms with Crippen molar-refractivity contribution < 1.29 is 9.47 Å². The summed E-state index contributed by atoms with van der Waals surface area (Å²) in [4.78, 5) is 7.53. The van der Waals surface area contributed by atoms with Crippen LogP contribution >= 0.6 is 12.4 Å². The fourth-order valence-corrected chi connectivity index (χ4v) is 5.03. The molecular formula is C28H28ClN5O2. The molecule has 0 radical (unpaired) electrons. The molecule has 0 bridgehead atoms. The highest BCUT2D eigenvalue weighted by Gasteiger charge is 2.35. The number of fused-ring (bicyclic) bond motifs is 2. The predicted molar refractivity (Wildman–Crippen MR) is 141 cm³/mol. The average molecular weight is 502 g/mol. The van der Waals surface area contributed by atoms with Crippen LogP contribution < -0.4 is 9.64 Å². The quantitative estimate of drug-likeness (QED) is 0.346. The highest BCUT2D eigenvalue weighted by atomic mass is 35.5. The van der Waals surface area contributed by atoms with Crippen LogP contribution in [-0.4, -0.2) is 27.7 Å². The summed E-state index contributed by atoms with van der Waals surface area (Å²) in [6, 6.07) is 16.7. The van der Waals surface area contributed by atoms with Gasteiger partial charge in [-0.25, -0.2) is 4.98 Å². The molecule has 36 heavy (non-hydrogen) atoms. The molecule has 7 nitrogen and oxygen atoms in total. The van der Waals surface area contributed by atoms with Crippen LogP contribution in [0.15, 0.2) is 42.5 Å². The zero-order valence-corrected chi connectivity index (χ0v) is 21.4. The molecule has 1 fully saturated rings. The molecule has 1 aliphatic heterocycles. The monoisotopic (exact) mass is 501 g/mol. The van der Waals surface area contributed by atoms with Gasteiger partial charge in [-0.3, -0.25) is 0 Å². The van der Waals surface area contributed by atoms with Crippen molar-refractivity contribution in [1.82, 2.24) is 14.6 Å². The zero-order chi connectivity index (χ0) is 24.1. The van der Waals surface area contributed by atoms with Gasteiger partial charge in [0.1, 0.15) is 11.6 Å². The largest absolute Gasteiger partial charge is 0.497 e. The maximum absolute atomic E-state index is 9.18. The van der Waals surface area contributed by atoms with Crippen molar-refractivity contribution in [2.75, 3.05) is 12.0 Å². The Hall–Kier alpha value is -3.60. The van der Waals surface area contributed by atoms with E-state index >= 15 is 0 Å². The molecule has 184 valence electrons. The van der Waals surface area contributed by atoms with E-state index in [1.165, 1.54) is 5.56 Å². The van der Waals surface area contributed by atoms with Crippen molar-refractivity contribution in [2.24, 2.45) is 0 Å². The second-order valence-electron chi connectivity index (χ2n) is 9.40. The number of benzene rings is 2. The van der Waals surface area contributed by atoms with Crippen molar-refractivity contribution in [3.63, 3.8) is 0 Å². The van der Waals surface area contributed by atoms with Gasteiger partial charge < -0.3 is 14.4 Å². The third kappa shape index (κ3) is 4.06. The lowest BCUT2D eigenvalue weighted by atomic mass is 10.0. The van der Waals surface area contributed by atoms with Gasteiger partial charge >= 0.3 is 0 Å². The molecule has 0 unspecified atom stereocenters. The van der Waals surface area contributed by atoms with E-state index in [0.29, 0.717) is 24.8 Å². The molecule has 1 saturated carbocycles. The summed E-state index contributed by atoms with van der Waals surface area (Å²) in [5.74, 6) is 1.92. The van der Waals surface area contributed by atoms with E-state index in [2.05, 4.69) is 36.9 Å². The molecule has 2 aromatic carbocycles. The summed E-state index contributed by atoms with van der Waals surface area (Å²) in [6.45, 7) is 5.96. The maximum atomic E-state index is 9.18. The topological polar surface area (TPSA) is 75.7 Å². The Morgan fingerprint density at radius 1 is 1.14 bits per heavy atom. The van der Waals surface area contributed by atoms with Gasteiger partial charge in [0.05, 0.1) is 43.3 Å². The fraction of sp³-hybridized carbons (Fsp3) is 0.321. The molecule has 0 saturated heterocycles. The van der Waals surface area contributed by atoms with E-state index < -0.39 is 0 Å². The number of nitrogens with zero attached hydrogens (tertiary/aromatic N) is 5. The van der Waals surface area contributed by atoms with Crippen molar-refractivity contribution in [3.8, 4) is 22.9 Å². The number of halogens is 1. The Labute approximate surface area is 216 Å². The van der Waals surface area contributed by atoms with Crippen LogP contribution in [-0.2, 0) is 24.5 Å². The molecule has 0 atom stereocenters. The van der Waals surface area contributed by atoms with Crippen LogP contribution in [0.2, 0.25) is 0 Å². The number of methoxy groups -OCH3 is 1. The molecule has 8 heteroatoms. The Balaban J connectivity index is 0.00000267. The summed E-state index contributed by atoms with van der Waals surface area (Å²) in [6.07, 6.45) is 2.31. The first kappa shape index (κ1) is 24.1. The van der Waals surface area contributed by atoms with E-state index in [0.717, 1.165) is 70.2 Å². The van der Waals surface area contributed by atoms with E-state index in [1.807, 2.05) is 34.8 Å². The van der Waals surface area contributed by atoms with Gasteiger partial charge in [0.2, 0.25) is 0 Å². The number of hydrogen-bond acceptors (Lipinski definition) is 6. The summed E-state index contributed by atoms with van der Waals surface area (Å²) in [7, 11) is 1.69. The molecule has 0 spiro atoms. The van der Waals surface area contributed by atoms with Gasteiger partial charge in [-0.2, -0.15) is 14.9 Å². The number of anilines is 1. The highest BCUT2D eigenvalue weighted by molar-refractivity contribution is 5.85. The first-order valence-corrected chi connectivity index (χ1v) is 12.0. The number of nitriles is 1. The molecule has 1 aliphatic carbocycles. The van der Waals surface area contributed by atoms with Crippen LogP contribution in [0.25, 0.3) is 16.8 Å². The van der Waals surface area contributed by atoms with Gasteiger partial charge in [-0.15, -0.1) is 12.4 Å². The standard InChI is InChI=1S/C28H27N5O2.ClH/c1-17-12-22(34-3)10-11-23(17)26-18(2)31-33-27(26)30-25-16-35-15-24(25)28(33)32(21-8-9-21)14-20-6-4-19(13-29)5-7-20;/h4-7,10-12,21H,8-9,14-16H2,1-3H3;1H. The minimum Gasteiger partial charge on any atom is -0.497 e. The van der Waals surface area contributed by atoms with Crippen molar-refractivity contribution in [1.29, 1.82) is 5.26 Å². The van der Waals surface area contributed by atoms with Crippen LogP contribution in [0.5, 0.6) is 5.75 Å². The highest BCUT2D eigenvalue weighted by Crippen LogP contribution is 2.41. The number of rotatable bonds is 6. The van der Waals surface area contributed by atoms with Gasteiger partial charge in [0, 0.05) is 23.7 Å². The lowest BCUT2D eigenvalue weighted by molar-refractivity contribution is 0.133. The molecule has 2 aromatic heterocycles. The predicted octanol–water partition coefficient (Wildman–Crippen LogP) is 5.51. The summed E-state index contributed by atoms with van der Waals surface area (Å²) in [5, 5.41) is 14.2. The lowest BCUT2D eigenvalue weighted by Crippen LogP contribution is -2.29. The van der Waals surface area contributed by atoms with Crippen LogP contribution in [0.3, 0.4) is 0 Å². The molecule has 0 amide bonds. The smallest absolute Gasteiger partial charge is 0.165 e. The molecule has 6 rings (SSSR count). The van der Waals surface area contributed by atoms with Gasteiger partial charge in [-0.1, -0.05) is 18.2 Å². The second-order valence-corrected chi connectivity index (χ2v) is 9.40. The molecule has 3 heterocycles. The van der Waals surface area contributed by atoms with Crippen LogP contribution in [0, 0.1) is 25.2 Å². The van der Waals surface area contributed by atoms with Crippen LogP contribution in [0.1, 0.15) is 46.5 Å². The summed E-state index contributed by atoms with van der Waals surface area (Å²) >= 11 is 0. The fourth-order valence-electron chi connectivity index (χ4n) is 5.03. The minimum atomic E-state index is 0. The first-order chi connectivity index (χ1) is 17.1. The zero-order valence-electron chi connectivity index (χ0n) is 20.6. The first-order valence-electron chi connectivity index (χ1n) is 12.0. The second kappa shape index (κ2) is 9.45. The number of ether oxygens (including phenoxy) is 2. The van der Waals surface area contributed by atoms with E-state index in [4.69, 9.17) is 19.6 Å². The lowest BCUT2D eigenvalue weighted by Gasteiger charge is -2.27. The van der Waals surface area contributed by atoms with Gasteiger partial charge in [-0.05, 0) is 67.6 Å². The Bertz CT molecular complexity index is 1490. The van der Waals surface area contributed by atoms with Gasteiger partial charge in [0.15, 0.2) is 5.65 Å². The van der Waals surface area contributed by atoms with Crippen molar-refractivity contribution in [2.45, 2.75) is 52.5 Å². The number of aryl methyl sites for hydroxylation is 2. The average Bonchev–Trinajstić information content (AvgIpc) is 3.52. The molecule has 2 aliphatic rings. The molecule has 4 aromatic rings. The minimum absolute atomic E-state index is 0. The van der Waals surface area contributed by atoms with Crippen molar-refractivity contribution in [3.05, 3.63) is 76.1 Å². The molecular weight excluding hydrogens is 474 g/mol. The Morgan fingerprint density at radius 2 is 1.92 bits per heavy atom. The third-order valence-corrected chi connectivity index (χ3v) is 6.98. The third-order valence-electron chi connectivity index (χ3n) is 6.98. The van der Waals surface area contributed by atoms with Crippen molar-refractivity contribution >= 4 is 23.9 Å². The van der Waals surface area contributed by atoms with Gasteiger partial charge in [0.25, 0.3) is 0 Å². The SMILES string of the molecule is COc1ccc(-c2c(C)nn3c(N(Cc4ccc(C#N)cc4)C4CC4)c4c(nc23)COC4)c(C)c1.Cl. The van der Waals surface area contributed by atoms with E-state index in [1.54, 1.807) is 7.11 Å². The summed E-state index contributed by atoms with van der Waals surface area (Å²) in [5.41, 5.74) is 9.06. The number of hydrogen-bond donors (Lipinski definition) is 0. The van der Waals surface area contributed by atoms with E-state index in [-0.39, 0.29) is 12.4 Å². The van der Waals surface area contributed by atoms with E-state index in [9.17, 15) is 5.26 Å². The Morgan fingerprint density at radius 3 is 2.58 bits per heavy atom.